The Bertz CT molecular complexity index is 936. The van der Waals surface area contributed by atoms with Crippen LogP contribution in [0.3, 0.4) is 0 Å². The predicted molar refractivity (Wildman–Crippen MR) is 130 cm³/mol. The minimum absolute atomic E-state index is 0.158. The number of anilines is 1. The van der Waals surface area contributed by atoms with Gasteiger partial charge in [0.05, 0.1) is 6.21 Å². The molecule has 0 bridgehead atoms. The first-order chi connectivity index (χ1) is 13.7. The van der Waals surface area contributed by atoms with Crippen molar-refractivity contribution < 1.29 is 4.79 Å². The minimum Gasteiger partial charge on any atom is -0.366 e. The number of benzene rings is 2. The lowest BCUT2D eigenvalue weighted by Gasteiger charge is -2.48. The number of aryl methyl sites for hydroxylation is 1. The van der Waals surface area contributed by atoms with Gasteiger partial charge in [-0.3, -0.25) is 4.79 Å². The van der Waals surface area contributed by atoms with E-state index in [-0.39, 0.29) is 11.4 Å². The van der Waals surface area contributed by atoms with Gasteiger partial charge in [-0.1, -0.05) is 19.9 Å². The van der Waals surface area contributed by atoms with Crippen molar-refractivity contribution in [3.05, 3.63) is 62.2 Å². The van der Waals surface area contributed by atoms with E-state index in [9.17, 15) is 4.79 Å². The van der Waals surface area contributed by atoms with Crippen LogP contribution in [0, 0.1) is 10.5 Å². The number of amides is 1. The molecule has 0 saturated carbocycles. The fourth-order valence-corrected chi connectivity index (χ4v) is 4.83. The summed E-state index contributed by atoms with van der Waals surface area (Å²) >= 11 is 2.20. The summed E-state index contributed by atoms with van der Waals surface area (Å²) in [4.78, 5) is 14.9. The van der Waals surface area contributed by atoms with Gasteiger partial charge in [0, 0.05) is 26.9 Å². The molecular weight excluding hydrogens is 473 g/mol. The zero-order chi connectivity index (χ0) is 21.2. The van der Waals surface area contributed by atoms with Gasteiger partial charge in [0.15, 0.2) is 0 Å². The first-order valence-corrected chi connectivity index (χ1v) is 11.3. The van der Waals surface area contributed by atoms with Gasteiger partial charge in [0.1, 0.15) is 0 Å². The quantitative estimate of drug-likeness (QED) is 0.315. The molecule has 4 nitrogen and oxygen atoms in total. The third-order valence-corrected chi connectivity index (χ3v) is 6.35. The lowest BCUT2D eigenvalue weighted by Crippen LogP contribution is -2.48. The van der Waals surface area contributed by atoms with Crippen LogP contribution in [0.5, 0.6) is 0 Å². The third kappa shape index (κ3) is 4.82. The molecule has 1 unspecified atom stereocenters. The van der Waals surface area contributed by atoms with Gasteiger partial charge < -0.3 is 4.90 Å². The van der Waals surface area contributed by atoms with E-state index in [4.69, 9.17) is 0 Å². The summed E-state index contributed by atoms with van der Waals surface area (Å²) in [5.41, 5.74) is 8.35. The molecule has 1 heterocycles. The molecule has 1 amide bonds. The second kappa shape index (κ2) is 8.86. The zero-order valence-corrected chi connectivity index (χ0v) is 20.1. The highest BCUT2D eigenvalue weighted by atomic mass is 127. The maximum atomic E-state index is 12.3. The average molecular weight is 503 g/mol. The van der Waals surface area contributed by atoms with Crippen molar-refractivity contribution in [1.82, 2.24) is 5.43 Å². The normalized spacial score (nSPS) is 18.0. The number of hydrogen-bond donors (Lipinski definition) is 1. The van der Waals surface area contributed by atoms with Crippen LogP contribution < -0.4 is 10.3 Å². The smallest absolute Gasteiger partial charge is 0.271 e. The van der Waals surface area contributed by atoms with E-state index in [1.807, 2.05) is 18.2 Å². The number of nitrogens with zero attached hydrogens (tertiary/aromatic N) is 2. The van der Waals surface area contributed by atoms with Crippen LogP contribution >= 0.6 is 22.6 Å². The second-order valence-corrected chi connectivity index (χ2v) is 9.79. The first-order valence-electron chi connectivity index (χ1n) is 10.2. The Labute approximate surface area is 187 Å². The van der Waals surface area contributed by atoms with Crippen LogP contribution in [0.1, 0.15) is 73.5 Å². The van der Waals surface area contributed by atoms with Crippen LogP contribution in [0.25, 0.3) is 0 Å². The number of rotatable bonds is 5. The summed E-state index contributed by atoms with van der Waals surface area (Å²) in [6, 6.07) is 12.0. The molecule has 0 fully saturated rings. The first kappa shape index (κ1) is 21.8. The Hall–Kier alpha value is -1.89. The number of halogens is 1. The third-order valence-electron chi connectivity index (χ3n) is 5.68. The molecule has 154 valence electrons. The fourth-order valence-electron chi connectivity index (χ4n) is 4.29. The van der Waals surface area contributed by atoms with Crippen LogP contribution in [0.4, 0.5) is 5.69 Å². The van der Waals surface area contributed by atoms with E-state index < -0.39 is 0 Å². The zero-order valence-electron chi connectivity index (χ0n) is 17.9. The van der Waals surface area contributed by atoms with Crippen LogP contribution in [0.15, 0.2) is 41.5 Å². The minimum atomic E-state index is -0.195. The summed E-state index contributed by atoms with van der Waals surface area (Å²) in [5.74, 6) is 0.293. The fraction of sp³-hybridized carbons (Fsp3) is 0.417. The summed E-state index contributed by atoms with van der Waals surface area (Å²) < 4.78 is 1.03. The van der Waals surface area contributed by atoms with E-state index in [0.717, 1.165) is 28.5 Å². The molecule has 0 spiro atoms. The molecule has 2 aromatic carbocycles. The summed E-state index contributed by atoms with van der Waals surface area (Å²) in [7, 11) is 0. The number of hydrazone groups is 1. The molecule has 3 rings (SSSR count). The highest BCUT2D eigenvalue weighted by molar-refractivity contribution is 14.1. The highest BCUT2D eigenvalue weighted by Crippen LogP contribution is 2.44. The van der Waals surface area contributed by atoms with Crippen LogP contribution in [-0.2, 0) is 0 Å². The van der Waals surface area contributed by atoms with Gasteiger partial charge in [0.25, 0.3) is 5.91 Å². The molecule has 2 aromatic rings. The largest absolute Gasteiger partial charge is 0.366 e. The van der Waals surface area contributed by atoms with Gasteiger partial charge in [-0.2, -0.15) is 5.10 Å². The maximum absolute atomic E-state index is 12.3. The van der Waals surface area contributed by atoms with Crippen LogP contribution in [0.2, 0.25) is 0 Å². The number of carbonyl (C=O) groups excluding carboxylic acids is 1. The van der Waals surface area contributed by atoms with E-state index in [1.165, 1.54) is 16.8 Å². The van der Waals surface area contributed by atoms with Gasteiger partial charge in [-0.15, -0.1) is 0 Å². The van der Waals surface area contributed by atoms with E-state index in [1.54, 1.807) is 12.3 Å². The molecule has 29 heavy (non-hydrogen) atoms. The highest BCUT2D eigenvalue weighted by Gasteiger charge is 2.36. The molecule has 1 atom stereocenters. The Morgan fingerprint density at radius 1 is 1.34 bits per heavy atom. The summed E-state index contributed by atoms with van der Waals surface area (Å²) in [6.45, 7) is 12.4. The number of hydrogen-bond acceptors (Lipinski definition) is 3. The van der Waals surface area contributed by atoms with Crippen LogP contribution in [-0.4, -0.2) is 24.2 Å². The van der Waals surface area contributed by atoms with E-state index >= 15 is 0 Å². The molecular formula is C24H30IN3O. The Kier molecular flexibility index (Phi) is 6.66. The lowest BCUT2D eigenvalue weighted by molar-refractivity contribution is 0.0955. The van der Waals surface area contributed by atoms with Gasteiger partial charge in [-0.25, -0.2) is 5.43 Å². The Balaban J connectivity index is 1.84. The standard InChI is InChI=1S/C24H30IN3O/c1-6-10-28-22-11-16(2)19(13-21(22)17(3)14-24(28,4)5)15-26-27-23(29)18-8-7-9-20(25)12-18/h7-9,11-13,15,17H,6,10,14H2,1-5H3,(H,27,29)/b26-15-. The van der Waals surface area contributed by atoms with Crippen molar-refractivity contribution in [3.63, 3.8) is 0 Å². The van der Waals surface area contributed by atoms with E-state index in [2.05, 4.69) is 84.8 Å². The Morgan fingerprint density at radius 3 is 2.79 bits per heavy atom. The maximum Gasteiger partial charge on any atom is 0.271 e. The van der Waals surface area contributed by atoms with Crippen molar-refractivity contribution >= 4 is 40.4 Å². The summed E-state index contributed by atoms with van der Waals surface area (Å²) in [5, 5.41) is 4.23. The van der Waals surface area contributed by atoms with Crippen molar-refractivity contribution in [3.8, 4) is 0 Å². The average Bonchev–Trinajstić information content (AvgIpc) is 2.65. The van der Waals surface area contributed by atoms with E-state index in [0.29, 0.717) is 11.5 Å². The number of fused-ring (bicyclic) bond motifs is 1. The lowest BCUT2D eigenvalue weighted by atomic mass is 9.79. The van der Waals surface area contributed by atoms with Gasteiger partial charge in [-0.05, 0) is 109 Å². The van der Waals surface area contributed by atoms with Crippen molar-refractivity contribution in [2.24, 2.45) is 5.10 Å². The number of carbonyl (C=O) groups is 1. The SMILES string of the molecule is CCCN1c2cc(C)c(/C=N\NC(=O)c3cccc(I)c3)cc2C(C)CC1(C)C. The monoisotopic (exact) mass is 503 g/mol. The second-order valence-electron chi connectivity index (χ2n) is 8.55. The predicted octanol–water partition coefficient (Wildman–Crippen LogP) is 5.87. The van der Waals surface area contributed by atoms with Crippen molar-refractivity contribution in [2.75, 3.05) is 11.4 Å². The van der Waals surface area contributed by atoms with Crippen molar-refractivity contribution in [2.45, 2.75) is 58.9 Å². The van der Waals surface area contributed by atoms with Crippen molar-refractivity contribution in [1.29, 1.82) is 0 Å². The molecule has 0 saturated heterocycles. The molecule has 1 aliphatic rings. The summed E-state index contributed by atoms with van der Waals surface area (Å²) in [6.07, 6.45) is 4.02. The van der Waals surface area contributed by atoms with Gasteiger partial charge >= 0.3 is 0 Å². The topological polar surface area (TPSA) is 44.7 Å². The molecule has 0 aliphatic carbocycles. The molecule has 1 aliphatic heterocycles. The molecule has 1 N–H and O–H groups in total. The number of nitrogens with one attached hydrogen (secondary N) is 1. The Morgan fingerprint density at radius 2 is 2.10 bits per heavy atom. The molecule has 5 heteroatoms. The molecule has 0 radical (unpaired) electrons. The van der Waals surface area contributed by atoms with Gasteiger partial charge in [0.2, 0.25) is 0 Å². The molecule has 0 aromatic heterocycles.